The van der Waals surface area contributed by atoms with E-state index in [1.807, 2.05) is 0 Å². The molecule has 22 heavy (non-hydrogen) atoms. The number of hydrogen-bond donors (Lipinski definition) is 1. The van der Waals surface area contributed by atoms with Gasteiger partial charge in [-0.25, -0.2) is 9.69 Å². The van der Waals surface area contributed by atoms with Gasteiger partial charge in [0.05, 0.1) is 18.8 Å². The van der Waals surface area contributed by atoms with E-state index >= 15 is 0 Å². The number of methoxy groups -OCH3 is 1. The Morgan fingerprint density at radius 2 is 2.14 bits per heavy atom. The molecule has 2 aliphatic rings. The lowest BCUT2D eigenvalue weighted by Crippen LogP contribution is -2.64. The fourth-order valence-corrected chi connectivity index (χ4v) is 3.05. The zero-order valence-corrected chi connectivity index (χ0v) is 12.4. The smallest absolute Gasteiger partial charge is 0.329 e. The van der Waals surface area contributed by atoms with Crippen molar-refractivity contribution in [1.29, 1.82) is 0 Å². The molecule has 116 valence electrons. The number of nitrogens with one attached hydrogen (secondary N) is 1. The zero-order valence-electron chi connectivity index (χ0n) is 12.4. The van der Waals surface area contributed by atoms with Gasteiger partial charge in [0, 0.05) is 19.5 Å². The maximum Gasteiger partial charge on any atom is 0.329 e. The molecule has 7 nitrogen and oxygen atoms in total. The standard InChI is InChI=1S/C15H17N3O4/c1-9(19)17-7-6-12-13(17)14(20)18(15(21)16-12)10-4-3-5-11(8-10)22-2/h3-5,8,12-13H,6-7H2,1-2H3,(H,16,21)/t12-,13+/m1/s1. The van der Waals surface area contributed by atoms with Crippen molar-refractivity contribution in [3.63, 3.8) is 0 Å². The maximum absolute atomic E-state index is 12.8. The van der Waals surface area contributed by atoms with E-state index in [0.29, 0.717) is 24.4 Å². The molecule has 7 heteroatoms. The summed E-state index contributed by atoms with van der Waals surface area (Å²) in [6, 6.07) is 5.30. The van der Waals surface area contributed by atoms with Crippen LogP contribution < -0.4 is 15.0 Å². The average Bonchev–Trinajstić information content (AvgIpc) is 2.91. The van der Waals surface area contributed by atoms with E-state index < -0.39 is 12.1 Å². The van der Waals surface area contributed by atoms with Crippen LogP contribution in [0.25, 0.3) is 0 Å². The van der Waals surface area contributed by atoms with E-state index in [2.05, 4.69) is 5.32 Å². The van der Waals surface area contributed by atoms with E-state index in [1.165, 1.54) is 18.9 Å². The molecule has 0 aromatic heterocycles. The van der Waals surface area contributed by atoms with E-state index in [-0.39, 0.29) is 17.9 Å². The van der Waals surface area contributed by atoms with Crippen LogP contribution in [0.15, 0.2) is 24.3 Å². The number of amides is 4. The SMILES string of the molecule is COc1cccc(N2C(=O)N[C@@H]3CCN(C(C)=O)[C@@H]3C2=O)c1. The molecule has 2 heterocycles. The maximum atomic E-state index is 12.8. The highest BCUT2D eigenvalue weighted by molar-refractivity contribution is 6.19. The summed E-state index contributed by atoms with van der Waals surface area (Å²) < 4.78 is 5.13. The van der Waals surface area contributed by atoms with Crippen molar-refractivity contribution in [2.45, 2.75) is 25.4 Å². The first kappa shape index (κ1) is 14.4. The Bertz CT molecular complexity index is 645. The van der Waals surface area contributed by atoms with Crippen molar-refractivity contribution in [3.8, 4) is 5.75 Å². The molecule has 0 bridgehead atoms. The largest absolute Gasteiger partial charge is 0.497 e. The Morgan fingerprint density at radius 3 is 2.82 bits per heavy atom. The number of imide groups is 1. The lowest BCUT2D eigenvalue weighted by Gasteiger charge is -2.36. The predicted octanol–water partition coefficient (Wildman–Crippen LogP) is 0.741. The average molecular weight is 303 g/mol. The number of ether oxygens (including phenoxy) is 1. The van der Waals surface area contributed by atoms with Crippen LogP contribution in [0.5, 0.6) is 5.75 Å². The van der Waals surface area contributed by atoms with Crippen LogP contribution in [0, 0.1) is 0 Å². The van der Waals surface area contributed by atoms with Crippen LogP contribution in [0.1, 0.15) is 13.3 Å². The highest BCUT2D eigenvalue weighted by Crippen LogP contribution is 2.29. The number of anilines is 1. The van der Waals surface area contributed by atoms with Crippen molar-refractivity contribution in [3.05, 3.63) is 24.3 Å². The Hall–Kier alpha value is -2.57. The number of urea groups is 1. The Balaban J connectivity index is 1.96. The van der Waals surface area contributed by atoms with Gasteiger partial charge in [0.1, 0.15) is 11.8 Å². The van der Waals surface area contributed by atoms with Crippen LogP contribution in [-0.2, 0) is 9.59 Å². The van der Waals surface area contributed by atoms with Gasteiger partial charge in [-0.05, 0) is 18.6 Å². The molecular weight excluding hydrogens is 286 g/mol. The Labute approximate surface area is 127 Å². The lowest BCUT2D eigenvalue weighted by molar-refractivity contribution is -0.136. The van der Waals surface area contributed by atoms with E-state index in [9.17, 15) is 14.4 Å². The molecule has 3 rings (SSSR count). The molecular formula is C15H17N3O4. The Morgan fingerprint density at radius 1 is 1.36 bits per heavy atom. The van der Waals surface area contributed by atoms with Gasteiger partial charge < -0.3 is 15.0 Å². The van der Waals surface area contributed by atoms with Gasteiger partial charge in [-0.15, -0.1) is 0 Å². The van der Waals surface area contributed by atoms with E-state index in [4.69, 9.17) is 4.74 Å². The first-order valence-electron chi connectivity index (χ1n) is 7.08. The molecule has 2 aliphatic heterocycles. The van der Waals surface area contributed by atoms with Gasteiger partial charge in [-0.3, -0.25) is 9.59 Å². The second-order valence-electron chi connectivity index (χ2n) is 5.38. The first-order chi connectivity index (χ1) is 10.5. The van der Waals surface area contributed by atoms with Crippen molar-refractivity contribution in [1.82, 2.24) is 10.2 Å². The molecule has 1 aromatic carbocycles. The first-order valence-corrected chi connectivity index (χ1v) is 7.08. The number of carbonyl (C=O) groups is 3. The topological polar surface area (TPSA) is 79.0 Å². The number of carbonyl (C=O) groups excluding carboxylic acids is 3. The van der Waals surface area contributed by atoms with Crippen molar-refractivity contribution in [2.24, 2.45) is 0 Å². The summed E-state index contributed by atoms with van der Waals surface area (Å²) in [4.78, 5) is 39.3. The second-order valence-corrected chi connectivity index (χ2v) is 5.38. The summed E-state index contributed by atoms with van der Waals surface area (Å²) in [6.07, 6.45) is 0.591. The number of benzene rings is 1. The number of nitrogens with zero attached hydrogens (tertiary/aromatic N) is 2. The fraction of sp³-hybridized carbons (Fsp3) is 0.400. The molecule has 0 saturated carbocycles. The normalized spacial score (nSPS) is 24.1. The van der Waals surface area contributed by atoms with Gasteiger partial charge in [0.15, 0.2) is 0 Å². The van der Waals surface area contributed by atoms with Gasteiger partial charge in [0.2, 0.25) is 5.91 Å². The molecule has 2 atom stereocenters. The Kier molecular flexibility index (Phi) is 3.48. The monoisotopic (exact) mass is 303 g/mol. The summed E-state index contributed by atoms with van der Waals surface area (Å²) in [6.45, 7) is 1.91. The van der Waals surface area contributed by atoms with Crippen LogP contribution in [0.2, 0.25) is 0 Å². The summed E-state index contributed by atoms with van der Waals surface area (Å²) in [5, 5.41) is 2.81. The fourth-order valence-electron chi connectivity index (χ4n) is 3.05. The minimum atomic E-state index is -0.638. The molecule has 0 aliphatic carbocycles. The van der Waals surface area contributed by atoms with E-state index in [1.54, 1.807) is 24.3 Å². The zero-order chi connectivity index (χ0) is 15.9. The minimum absolute atomic E-state index is 0.164. The molecule has 1 N–H and O–H groups in total. The van der Waals surface area contributed by atoms with Crippen LogP contribution in [0.4, 0.5) is 10.5 Å². The van der Waals surface area contributed by atoms with E-state index in [0.717, 1.165) is 4.90 Å². The molecule has 1 aromatic rings. The van der Waals surface area contributed by atoms with Crippen LogP contribution in [-0.4, -0.2) is 48.5 Å². The number of fused-ring (bicyclic) bond motifs is 1. The summed E-state index contributed by atoms with van der Waals surface area (Å²) in [7, 11) is 1.52. The number of hydrogen-bond acceptors (Lipinski definition) is 4. The van der Waals surface area contributed by atoms with Crippen molar-refractivity contribution < 1.29 is 19.1 Å². The second kappa shape index (κ2) is 5.32. The highest BCUT2D eigenvalue weighted by Gasteiger charge is 2.49. The number of likely N-dealkylation sites (tertiary alicyclic amines) is 1. The molecule has 0 spiro atoms. The third kappa shape index (κ3) is 2.18. The lowest BCUT2D eigenvalue weighted by atomic mass is 10.0. The molecule has 2 fully saturated rings. The van der Waals surface area contributed by atoms with Gasteiger partial charge in [-0.2, -0.15) is 0 Å². The van der Waals surface area contributed by atoms with Crippen LogP contribution >= 0.6 is 0 Å². The molecule has 4 amide bonds. The third-order valence-electron chi connectivity index (χ3n) is 4.10. The highest BCUT2D eigenvalue weighted by atomic mass is 16.5. The quantitative estimate of drug-likeness (QED) is 0.874. The van der Waals surface area contributed by atoms with Gasteiger partial charge in [0.25, 0.3) is 5.91 Å². The summed E-state index contributed by atoms with van der Waals surface area (Å²) in [5.41, 5.74) is 0.427. The summed E-state index contributed by atoms with van der Waals surface area (Å²) in [5.74, 6) is 0.00682. The van der Waals surface area contributed by atoms with Crippen molar-refractivity contribution >= 4 is 23.5 Å². The van der Waals surface area contributed by atoms with Gasteiger partial charge in [-0.1, -0.05) is 6.07 Å². The van der Waals surface area contributed by atoms with Gasteiger partial charge >= 0.3 is 6.03 Å². The van der Waals surface area contributed by atoms with Crippen molar-refractivity contribution in [2.75, 3.05) is 18.6 Å². The van der Waals surface area contributed by atoms with Crippen LogP contribution in [0.3, 0.4) is 0 Å². The third-order valence-corrected chi connectivity index (χ3v) is 4.10. The minimum Gasteiger partial charge on any atom is -0.497 e. The molecule has 0 radical (unpaired) electrons. The molecule has 0 unspecified atom stereocenters. The number of rotatable bonds is 2. The molecule has 2 saturated heterocycles. The summed E-state index contributed by atoms with van der Waals surface area (Å²) >= 11 is 0. The predicted molar refractivity (Wildman–Crippen MR) is 78.6 cm³/mol.